The smallest absolute Gasteiger partial charge is 0.341 e. The highest BCUT2D eigenvalue weighted by molar-refractivity contribution is 6.36. The van der Waals surface area contributed by atoms with Gasteiger partial charge in [-0.2, -0.15) is 0 Å². The molecule has 0 bridgehead atoms. The molecule has 0 aliphatic heterocycles. The Morgan fingerprint density at radius 2 is 2.20 bits per heavy atom. The van der Waals surface area contributed by atoms with Gasteiger partial charge in [-0.25, -0.2) is 9.18 Å². The summed E-state index contributed by atoms with van der Waals surface area (Å²) in [5, 5.41) is 12.0. The maximum atomic E-state index is 14.3. The molecular weight excluding hydrogens is 374 g/mol. The van der Waals surface area contributed by atoms with Crippen molar-refractivity contribution in [2.45, 2.75) is 18.9 Å². The molecule has 1 fully saturated rings. The lowest BCUT2D eigenvalue weighted by Crippen LogP contribution is -2.20. The van der Waals surface area contributed by atoms with E-state index >= 15 is 0 Å². The second-order valence-electron chi connectivity index (χ2n) is 5.67. The Morgan fingerprint density at radius 1 is 1.52 bits per heavy atom. The van der Waals surface area contributed by atoms with Crippen LogP contribution < -0.4 is 15.5 Å². The van der Waals surface area contributed by atoms with Gasteiger partial charge in [0.15, 0.2) is 11.6 Å². The molecule has 0 radical (unpaired) electrons. The van der Waals surface area contributed by atoms with Crippen LogP contribution in [0.15, 0.2) is 17.1 Å². The number of likely N-dealkylation sites (N-methyl/N-ethyl adjacent to an activating group) is 1. The van der Waals surface area contributed by atoms with E-state index in [0.29, 0.717) is 12.1 Å². The monoisotopic (exact) mass is 390 g/mol. The number of carboxylic acids is 1. The van der Waals surface area contributed by atoms with Crippen LogP contribution >= 0.6 is 24.0 Å². The molecule has 0 amide bonds. The summed E-state index contributed by atoms with van der Waals surface area (Å²) in [6.07, 6.45) is 2.98. The average Bonchev–Trinajstić information content (AvgIpc) is 3.36. The van der Waals surface area contributed by atoms with Crippen LogP contribution in [0, 0.1) is 5.82 Å². The summed E-state index contributed by atoms with van der Waals surface area (Å²) in [6.45, 7) is 0.709. The number of ether oxygens (including phenoxy) is 1. The van der Waals surface area contributed by atoms with Crippen molar-refractivity contribution in [3.63, 3.8) is 0 Å². The lowest BCUT2D eigenvalue weighted by atomic mass is 10.1. The average molecular weight is 391 g/mol. The molecule has 1 heterocycles. The minimum absolute atomic E-state index is 0. The van der Waals surface area contributed by atoms with E-state index in [-0.39, 0.29) is 41.2 Å². The maximum Gasteiger partial charge on any atom is 0.341 e. The number of rotatable bonds is 6. The zero-order valence-corrected chi connectivity index (χ0v) is 14.9. The zero-order chi connectivity index (χ0) is 17.4. The van der Waals surface area contributed by atoms with Crippen LogP contribution in [0.5, 0.6) is 5.75 Å². The largest absolute Gasteiger partial charge is 0.488 e. The van der Waals surface area contributed by atoms with E-state index in [1.165, 1.54) is 6.20 Å². The van der Waals surface area contributed by atoms with Crippen LogP contribution in [0.4, 0.5) is 4.39 Å². The molecule has 1 aliphatic rings. The quantitative estimate of drug-likeness (QED) is 0.741. The van der Waals surface area contributed by atoms with E-state index < -0.39 is 22.8 Å². The fourth-order valence-electron chi connectivity index (χ4n) is 2.60. The summed E-state index contributed by atoms with van der Waals surface area (Å²) in [5.41, 5.74) is -0.833. The molecule has 0 atom stereocenters. The topological polar surface area (TPSA) is 80.6 Å². The number of nitrogens with zero attached hydrogens (tertiary/aromatic N) is 1. The fraction of sp³-hybridized carbons (Fsp3) is 0.375. The Hall–Kier alpha value is -1.83. The molecule has 1 aromatic carbocycles. The normalized spacial score (nSPS) is 13.6. The van der Waals surface area contributed by atoms with Crippen molar-refractivity contribution >= 4 is 40.9 Å². The molecule has 2 aromatic rings. The summed E-state index contributed by atoms with van der Waals surface area (Å²) < 4.78 is 21.4. The van der Waals surface area contributed by atoms with Crippen LogP contribution in [0.3, 0.4) is 0 Å². The number of aromatic nitrogens is 1. The number of hydrogen-bond acceptors (Lipinski definition) is 4. The second kappa shape index (κ2) is 7.59. The number of fused-ring (bicyclic) bond motifs is 1. The van der Waals surface area contributed by atoms with E-state index in [0.717, 1.165) is 18.9 Å². The molecule has 136 valence electrons. The minimum Gasteiger partial charge on any atom is -0.488 e. The Kier molecular flexibility index (Phi) is 5.92. The predicted octanol–water partition coefficient (Wildman–Crippen LogP) is 2.85. The lowest BCUT2D eigenvalue weighted by Gasteiger charge is -2.16. The number of carbonyl (C=O) groups is 1. The predicted molar refractivity (Wildman–Crippen MR) is 95.1 cm³/mol. The van der Waals surface area contributed by atoms with Crippen molar-refractivity contribution in [1.29, 1.82) is 0 Å². The molecule has 1 aromatic heterocycles. The molecule has 1 saturated carbocycles. The number of pyridine rings is 1. The zero-order valence-electron chi connectivity index (χ0n) is 13.3. The number of hydrogen-bond donors (Lipinski definition) is 2. The third kappa shape index (κ3) is 3.58. The van der Waals surface area contributed by atoms with Gasteiger partial charge in [-0.15, -0.1) is 12.4 Å². The third-order valence-electron chi connectivity index (χ3n) is 3.94. The molecular formula is C16H17Cl2FN2O4. The van der Waals surface area contributed by atoms with Gasteiger partial charge in [0, 0.05) is 18.8 Å². The van der Waals surface area contributed by atoms with Gasteiger partial charge >= 0.3 is 5.97 Å². The number of aromatic carboxylic acids is 1. The number of nitrogens with one attached hydrogen (secondary N) is 1. The van der Waals surface area contributed by atoms with E-state index in [4.69, 9.17) is 16.3 Å². The van der Waals surface area contributed by atoms with Gasteiger partial charge in [-0.1, -0.05) is 11.6 Å². The number of benzene rings is 1. The third-order valence-corrected chi connectivity index (χ3v) is 4.29. The van der Waals surface area contributed by atoms with E-state index in [9.17, 15) is 19.1 Å². The van der Waals surface area contributed by atoms with Gasteiger partial charge in [0.05, 0.1) is 10.9 Å². The molecule has 1 aliphatic carbocycles. The molecule has 2 N–H and O–H groups in total. The van der Waals surface area contributed by atoms with Crippen molar-refractivity contribution in [2.24, 2.45) is 0 Å². The molecule has 0 spiro atoms. The van der Waals surface area contributed by atoms with Crippen LogP contribution in [-0.2, 0) is 0 Å². The lowest BCUT2D eigenvalue weighted by molar-refractivity contribution is 0.0695. The van der Waals surface area contributed by atoms with E-state index in [1.54, 1.807) is 11.6 Å². The van der Waals surface area contributed by atoms with Crippen LogP contribution in [0.25, 0.3) is 10.9 Å². The number of carboxylic acid groups (broad SMARTS) is 1. The summed E-state index contributed by atoms with van der Waals surface area (Å²) in [4.78, 5) is 23.7. The molecule has 0 saturated heterocycles. The standard InChI is InChI=1S/C16H16ClFN2O4.ClH/c1-19-4-5-24-15-11(18)6-9-13(12(15)17)20(8-2-3-8)7-10(14(9)21)16(22)23;/h6-8,19H,2-5H2,1H3,(H,22,23);1H. The van der Waals surface area contributed by atoms with E-state index in [2.05, 4.69) is 5.32 Å². The van der Waals surface area contributed by atoms with Gasteiger partial charge < -0.3 is 19.7 Å². The number of halogens is 3. The van der Waals surface area contributed by atoms with Crippen molar-refractivity contribution in [1.82, 2.24) is 9.88 Å². The molecule has 25 heavy (non-hydrogen) atoms. The van der Waals surface area contributed by atoms with Gasteiger partial charge in [0.1, 0.15) is 17.2 Å². The highest BCUT2D eigenvalue weighted by atomic mass is 35.5. The maximum absolute atomic E-state index is 14.3. The van der Waals surface area contributed by atoms with Gasteiger partial charge in [0.2, 0.25) is 5.43 Å². The summed E-state index contributed by atoms with van der Waals surface area (Å²) in [7, 11) is 1.74. The van der Waals surface area contributed by atoms with E-state index in [1.807, 2.05) is 0 Å². The van der Waals surface area contributed by atoms with Gasteiger partial charge in [-0.3, -0.25) is 4.79 Å². The Balaban J connectivity index is 0.00000225. The molecule has 6 nitrogen and oxygen atoms in total. The minimum atomic E-state index is -1.35. The molecule has 9 heteroatoms. The van der Waals surface area contributed by atoms with Crippen molar-refractivity contribution < 1.29 is 19.0 Å². The first-order chi connectivity index (χ1) is 11.5. The Labute approximate surface area is 153 Å². The highest BCUT2D eigenvalue weighted by Crippen LogP contribution is 2.41. The fourth-order valence-corrected chi connectivity index (χ4v) is 2.95. The highest BCUT2D eigenvalue weighted by Gasteiger charge is 2.29. The van der Waals surface area contributed by atoms with Crippen molar-refractivity contribution in [2.75, 3.05) is 20.2 Å². The first-order valence-corrected chi connectivity index (χ1v) is 7.91. The SMILES string of the molecule is CNCCOc1c(F)cc2c(=O)c(C(=O)O)cn(C3CC3)c2c1Cl.Cl. The molecule has 3 rings (SSSR count). The van der Waals surface area contributed by atoms with Gasteiger partial charge in [-0.05, 0) is 26.0 Å². The summed E-state index contributed by atoms with van der Waals surface area (Å²) in [5.74, 6) is -2.26. The molecule has 0 unspecified atom stereocenters. The first-order valence-electron chi connectivity index (χ1n) is 7.53. The Morgan fingerprint density at radius 3 is 2.76 bits per heavy atom. The van der Waals surface area contributed by atoms with Crippen molar-refractivity contribution in [3.8, 4) is 5.75 Å². The second-order valence-corrected chi connectivity index (χ2v) is 6.04. The van der Waals surface area contributed by atoms with Crippen molar-refractivity contribution in [3.05, 3.63) is 38.9 Å². The Bertz CT molecular complexity index is 881. The van der Waals surface area contributed by atoms with Crippen LogP contribution in [0.1, 0.15) is 29.2 Å². The summed E-state index contributed by atoms with van der Waals surface area (Å²) >= 11 is 6.31. The summed E-state index contributed by atoms with van der Waals surface area (Å²) in [6, 6.07) is 1.06. The van der Waals surface area contributed by atoms with Crippen LogP contribution in [0.2, 0.25) is 5.02 Å². The van der Waals surface area contributed by atoms with Gasteiger partial charge in [0.25, 0.3) is 0 Å². The first kappa shape index (κ1) is 19.5. The van der Waals surface area contributed by atoms with Crippen LogP contribution in [-0.4, -0.2) is 35.8 Å².